The number of aromatic nitrogens is 3. The number of aliphatic carboxylic acids is 2. The Balaban J connectivity index is 1.86. The molecule has 0 saturated heterocycles. The van der Waals surface area contributed by atoms with Gasteiger partial charge in [0, 0.05) is 6.42 Å². The van der Waals surface area contributed by atoms with E-state index in [0.29, 0.717) is 5.75 Å². The third kappa shape index (κ3) is 7.27. The number of para-hydroxylation sites is 1. The van der Waals surface area contributed by atoms with Crippen LogP contribution in [0.5, 0.6) is 11.6 Å². The molecule has 0 unspecified atom stereocenters. The summed E-state index contributed by atoms with van der Waals surface area (Å²) < 4.78 is 5.72. The molecule has 15 heteroatoms. The molecule has 0 spiro atoms. The number of H-pyrrole nitrogens is 1. The Labute approximate surface area is 213 Å². The molecule has 2 amide bonds. The molecule has 198 valence electrons. The molecule has 0 aliphatic carbocycles. The van der Waals surface area contributed by atoms with Gasteiger partial charge in [-0.05, 0) is 30.7 Å². The average Bonchev–Trinajstić information content (AvgIpc) is 2.85. The number of carbonyl (C=O) groups excluding carboxylic acids is 2. The first-order chi connectivity index (χ1) is 18.0. The summed E-state index contributed by atoms with van der Waals surface area (Å²) in [6.45, 7) is 0. The van der Waals surface area contributed by atoms with E-state index in [0.717, 1.165) is 0 Å². The van der Waals surface area contributed by atoms with Crippen molar-refractivity contribution in [2.24, 2.45) is 0 Å². The minimum Gasteiger partial charge on any atom is -0.481 e. The second kappa shape index (κ2) is 12.0. The van der Waals surface area contributed by atoms with Crippen LogP contribution >= 0.6 is 0 Å². The van der Waals surface area contributed by atoms with E-state index in [1.54, 1.807) is 30.3 Å². The van der Waals surface area contributed by atoms with Crippen LogP contribution in [-0.2, 0) is 20.8 Å². The normalized spacial score (nSPS) is 11.3. The maximum atomic E-state index is 12.7. The number of nitrogens with two attached hydrogens (primary N) is 2. The predicted octanol–water partition coefficient (Wildman–Crippen LogP) is 0.351. The van der Waals surface area contributed by atoms with Crippen LogP contribution in [0.3, 0.4) is 0 Å². The van der Waals surface area contributed by atoms with Crippen LogP contribution in [-0.4, -0.2) is 55.0 Å². The fraction of sp³-hybridized carbons (Fsp3) is 0.174. The molecule has 0 aliphatic rings. The molecule has 0 bridgehead atoms. The number of carbonyl (C=O) groups is 4. The van der Waals surface area contributed by atoms with Crippen LogP contribution in [0.2, 0.25) is 0 Å². The fourth-order valence-corrected chi connectivity index (χ4v) is 3.16. The number of rotatable bonds is 11. The van der Waals surface area contributed by atoms with Gasteiger partial charge in [-0.25, -0.2) is 9.78 Å². The summed E-state index contributed by atoms with van der Waals surface area (Å²) in [6, 6.07) is 9.28. The summed E-state index contributed by atoms with van der Waals surface area (Å²) in [5, 5.41) is 22.8. The van der Waals surface area contributed by atoms with Gasteiger partial charge in [0.15, 0.2) is 0 Å². The number of hydrogen-bond acceptors (Lipinski definition) is 10. The summed E-state index contributed by atoms with van der Waals surface area (Å²) in [5.41, 5.74) is 10.1. The Kier molecular flexibility index (Phi) is 8.55. The van der Waals surface area contributed by atoms with Gasteiger partial charge in [-0.15, -0.1) is 0 Å². The first kappa shape index (κ1) is 27.1. The maximum Gasteiger partial charge on any atom is 0.326 e. The van der Waals surface area contributed by atoms with Gasteiger partial charge in [0.2, 0.25) is 17.7 Å². The van der Waals surface area contributed by atoms with Crippen LogP contribution in [0.15, 0.2) is 47.3 Å². The number of amides is 2. The number of benzene rings is 1. The van der Waals surface area contributed by atoms with Crippen LogP contribution in [0, 0.1) is 0 Å². The molecule has 1 atom stereocenters. The van der Waals surface area contributed by atoms with Crippen LogP contribution in [0.4, 0.5) is 17.5 Å². The van der Waals surface area contributed by atoms with Crippen LogP contribution < -0.4 is 32.4 Å². The van der Waals surface area contributed by atoms with Gasteiger partial charge in [-0.2, -0.15) is 4.98 Å². The van der Waals surface area contributed by atoms with E-state index in [2.05, 4.69) is 25.6 Å². The quantitative estimate of drug-likeness (QED) is 0.179. The smallest absolute Gasteiger partial charge is 0.326 e. The van der Waals surface area contributed by atoms with E-state index >= 15 is 0 Å². The highest BCUT2D eigenvalue weighted by atomic mass is 16.5. The molecule has 2 aromatic heterocycles. The van der Waals surface area contributed by atoms with Gasteiger partial charge in [-0.1, -0.05) is 18.2 Å². The number of pyridine rings is 1. The Morgan fingerprint density at radius 3 is 2.37 bits per heavy atom. The minimum atomic E-state index is -1.48. The fourth-order valence-electron chi connectivity index (χ4n) is 3.16. The van der Waals surface area contributed by atoms with Crippen molar-refractivity contribution >= 4 is 41.2 Å². The highest BCUT2D eigenvalue weighted by Crippen LogP contribution is 2.28. The molecule has 0 fully saturated rings. The zero-order valence-corrected chi connectivity index (χ0v) is 19.6. The molecule has 3 aromatic rings. The first-order valence-electron chi connectivity index (χ1n) is 11.0. The second-order valence-electron chi connectivity index (χ2n) is 7.80. The number of nitrogens with zero attached hydrogens (tertiary/aromatic N) is 2. The molecule has 2 heterocycles. The van der Waals surface area contributed by atoms with Crippen LogP contribution in [0.1, 0.15) is 28.9 Å². The van der Waals surface area contributed by atoms with Crippen molar-refractivity contribution in [3.63, 3.8) is 0 Å². The summed E-state index contributed by atoms with van der Waals surface area (Å²) in [6.07, 6.45) is -1.29. The van der Waals surface area contributed by atoms with Crippen molar-refractivity contribution in [2.45, 2.75) is 25.3 Å². The maximum absolute atomic E-state index is 12.7. The minimum absolute atomic E-state index is 0.0227. The summed E-state index contributed by atoms with van der Waals surface area (Å²) in [4.78, 5) is 69.8. The van der Waals surface area contributed by atoms with Crippen molar-refractivity contribution < 1.29 is 34.1 Å². The zero-order valence-electron chi connectivity index (χ0n) is 19.6. The van der Waals surface area contributed by atoms with Crippen LogP contribution in [0.25, 0.3) is 0 Å². The predicted molar refractivity (Wildman–Crippen MR) is 133 cm³/mol. The number of carboxylic acids is 2. The van der Waals surface area contributed by atoms with E-state index in [4.69, 9.17) is 21.3 Å². The standard InChI is InChI=1S/C23H23N7O8/c24-18-12(19(34)30-23(25)29-18)10-16(31)26-14-7-6-13(28-21(14)38-11-4-2-1-3-5-11)20(35)27-15(22(36)37)8-9-17(32)33/h1-7,15H,8-10H2,(H,26,31)(H,27,35)(H,32,33)(H,36,37)(H5,24,25,29,30,34)/t15-/m0/s1. The number of carboxylic acid groups (broad SMARTS) is 2. The molecule has 0 saturated carbocycles. The van der Waals surface area contributed by atoms with E-state index in [9.17, 15) is 29.1 Å². The monoisotopic (exact) mass is 525 g/mol. The highest BCUT2D eigenvalue weighted by molar-refractivity contribution is 5.97. The molecule has 0 radical (unpaired) electrons. The van der Waals surface area contributed by atoms with Crippen molar-refractivity contribution in [1.29, 1.82) is 0 Å². The number of nitrogen functional groups attached to an aromatic ring is 2. The largest absolute Gasteiger partial charge is 0.481 e. The first-order valence-corrected chi connectivity index (χ1v) is 11.0. The topological polar surface area (TPSA) is 253 Å². The van der Waals surface area contributed by atoms with Crippen molar-refractivity contribution in [3.05, 3.63) is 64.1 Å². The lowest BCUT2D eigenvalue weighted by Gasteiger charge is -2.15. The van der Waals surface area contributed by atoms with E-state index in [1.165, 1.54) is 12.1 Å². The lowest BCUT2D eigenvalue weighted by Crippen LogP contribution is -2.41. The summed E-state index contributed by atoms with van der Waals surface area (Å²) in [5.74, 6) is -4.58. The Morgan fingerprint density at radius 1 is 1.03 bits per heavy atom. The number of anilines is 3. The summed E-state index contributed by atoms with van der Waals surface area (Å²) >= 11 is 0. The van der Waals surface area contributed by atoms with Gasteiger partial charge >= 0.3 is 11.9 Å². The Hall–Kier alpha value is -5.47. The van der Waals surface area contributed by atoms with Crippen molar-refractivity contribution in [2.75, 3.05) is 16.8 Å². The third-order valence-electron chi connectivity index (χ3n) is 4.98. The Bertz CT molecular complexity index is 1430. The number of ether oxygens (including phenoxy) is 1. The summed E-state index contributed by atoms with van der Waals surface area (Å²) in [7, 11) is 0. The molecule has 1 aromatic carbocycles. The third-order valence-corrected chi connectivity index (χ3v) is 4.98. The van der Waals surface area contributed by atoms with E-state index in [1.807, 2.05) is 0 Å². The van der Waals surface area contributed by atoms with E-state index < -0.39 is 48.2 Å². The van der Waals surface area contributed by atoms with Gasteiger partial charge in [-0.3, -0.25) is 24.2 Å². The van der Waals surface area contributed by atoms with Crippen molar-refractivity contribution in [1.82, 2.24) is 20.3 Å². The number of hydrogen-bond donors (Lipinski definition) is 7. The number of nitrogens with one attached hydrogen (secondary N) is 3. The molecular formula is C23H23N7O8. The van der Waals surface area contributed by atoms with Gasteiger partial charge in [0.1, 0.15) is 29.0 Å². The van der Waals surface area contributed by atoms with Gasteiger partial charge in [0.25, 0.3) is 11.5 Å². The number of aromatic amines is 1. The molecule has 0 aliphatic heterocycles. The van der Waals surface area contributed by atoms with Gasteiger partial charge in [0.05, 0.1) is 12.0 Å². The molecule has 3 rings (SSSR count). The zero-order chi connectivity index (χ0) is 27.8. The lowest BCUT2D eigenvalue weighted by atomic mass is 10.1. The van der Waals surface area contributed by atoms with E-state index in [-0.39, 0.29) is 41.0 Å². The lowest BCUT2D eigenvalue weighted by molar-refractivity contribution is -0.140. The molecule has 9 N–H and O–H groups in total. The highest BCUT2D eigenvalue weighted by Gasteiger charge is 2.24. The molecule has 15 nitrogen and oxygen atoms in total. The average molecular weight is 525 g/mol. The molecule has 38 heavy (non-hydrogen) atoms. The second-order valence-corrected chi connectivity index (χ2v) is 7.80. The van der Waals surface area contributed by atoms with Crippen molar-refractivity contribution in [3.8, 4) is 11.6 Å². The SMILES string of the molecule is Nc1nc(N)c(CC(=O)Nc2ccc(C(=O)N[C@@H](CCC(=O)O)C(=O)O)nc2Oc2ccccc2)c(=O)[nH]1. The Morgan fingerprint density at radius 2 is 1.74 bits per heavy atom. The van der Waals surface area contributed by atoms with Gasteiger partial charge < -0.3 is 37.1 Å². The molecular weight excluding hydrogens is 502 g/mol.